The Hall–Kier alpha value is -2.37. The summed E-state index contributed by atoms with van der Waals surface area (Å²) in [5, 5.41) is 8.84. The smallest absolute Gasteiger partial charge is 0.416 e. The number of hydrogen-bond donors (Lipinski definition) is 1. The summed E-state index contributed by atoms with van der Waals surface area (Å²) in [4.78, 5) is 27.3. The van der Waals surface area contributed by atoms with E-state index in [1.807, 2.05) is 30.3 Å². The minimum Gasteiger partial charge on any atom is -0.475 e. The predicted molar refractivity (Wildman–Crippen MR) is 63.3 cm³/mol. The van der Waals surface area contributed by atoms with Crippen molar-refractivity contribution >= 4 is 17.9 Å². The normalized spacial score (nSPS) is 14.2. The highest BCUT2D eigenvalue weighted by atomic mass is 16.6. The second-order valence-corrected chi connectivity index (χ2v) is 3.70. The van der Waals surface area contributed by atoms with Gasteiger partial charge < -0.3 is 9.84 Å². The number of nitrogens with zero attached hydrogens (tertiary/aromatic N) is 2. The minimum absolute atomic E-state index is 0.114. The second-order valence-electron chi connectivity index (χ2n) is 3.70. The van der Waals surface area contributed by atoms with Gasteiger partial charge in [-0.2, -0.15) is 0 Å². The van der Waals surface area contributed by atoms with Crippen molar-refractivity contribution in [3.63, 3.8) is 0 Å². The fourth-order valence-corrected chi connectivity index (χ4v) is 1.61. The van der Waals surface area contributed by atoms with Crippen molar-refractivity contribution in [3.05, 3.63) is 35.9 Å². The molecule has 0 bridgehead atoms. The van der Waals surface area contributed by atoms with Crippen LogP contribution in [0.25, 0.3) is 0 Å². The molecule has 0 atom stereocenters. The van der Waals surface area contributed by atoms with Crippen LogP contribution in [0.15, 0.2) is 35.3 Å². The van der Waals surface area contributed by atoms with E-state index in [0.29, 0.717) is 6.54 Å². The maximum atomic E-state index is 11.7. The number of hydrogen-bond acceptors (Lipinski definition) is 4. The van der Waals surface area contributed by atoms with Gasteiger partial charge in [0.25, 0.3) is 0 Å². The van der Waals surface area contributed by atoms with Gasteiger partial charge in [0.15, 0.2) is 0 Å². The molecule has 94 valence electrons. The Kier molecular flexibility index (Phi) is 3.57. The van der Waals surface area contributed by atoms with Crippen molar-refractivity contribution in [2.75, 3.05) is 13.1 Å². The zero-order valence-electron chi connectivity index (χ0n) is 9.57. The van der Waals surface area contributed by atoms with Crippen LogP contribution in [0.4, 0.5) is 4.79 Å². The molecular formula is C12H12N2O4. The van der Waals surface area contributed by atoms with Crippen molar-refractivity contribution in [2.24, 2.45) is 4.99 Å². The van der Waals surface area contributed by atoms with E-state index in [1.54, 1.807) is 0 Å². The van der Waals surface area contributed by atoms with E-state index in [0.717, 1.165) is 10.5 Å². The van der Waals surface area contributed by atoms with Gasteiger partial charge >= 0.3 is 12.1 Å². The standard InChI is InChI=1S/C12H12N2O4/c15-11(16)10-13-6-7-14(10)12(17)18-8-9-4-2-1-3-5-9/h1-5H,6-8H2,(H,15,16). The molecule has 0 aliphatic carbocycles. The SMILES string of the molecule is O=C(O)C1=NCCN1C(=O)OCc1ccccc1. The highest BCUT2D eigenvalue weighted by molar-refractivity contribution is 6.37. The number of ether oxygens (including phenoxy) is 1. The van der Waals surface area contributed by atoms with Crippen molar-refractivity contribution in [1.82, 2.24) is 4.90 Å². The molecule has 0 unspecified atom stereocenters. The fourth-order valence-electron chi connectivity index (χ4n) is 1.61. The van der Waals surface area contributed by atoms with Crippen LogP contribution in [-0.4, -0.2) is 41.0 Å². The fraction of sp³-hybridized carbons (Fsp3) is 0.250. The third-order valence-corrected chi connectivity index (χ3v) is 2.46. The van der Waals surface area contributed by atoms with Gasteiger partial charge in [-0.1, -0.05) is 30.3 Å². The predicted octanol–water partition coefficient (Wildman–Crippen LogP) is 1.12. The van der Waals surface area contributed by atoms with Crippen LogP contribution < -0.4 is 0 Å². The van der Waals surface area contributed by atoms with E-state index in [1.165, 1.54) is 0 Å². The van der Waals surface area contributed by atoms with Crippen LogP contribution in [0.5, 0.6) is 0 Å². The topological polar surface area (TPSA) is 79.2 Å². The summed E-state index contributed by atoms with van der Waals surface area (Å²) in [6.45, 7) is 0.653. The Labute approximate surface area is 104 Å². The van der Waals surface area contributed by atoms with Gasteiger partial charge in [0.05, 0.1) is 13.1 Å². The molecule has 1 heterocycles. The molecule has 0 aromatic heterocycles. The van der Waals surface area contributed by atoms with E-state index in [-0.39, 0.29) is 19.0 Å². The molecule has 0 spiro atoms. The lowest BCUT2D eigenvalue weighted by Crippen LogP contribution is -2.38. The number of carboxylic acid groups (broad SMARTS) is 1. The van der Waals surface area contributed by atoms with Gasteiger partial charge in [0.2, 0.25) is 5.84 Å². The number of rotatable bonds is 3. The molecule has 0 saturated carbocycles. The van der Waals surface area contributed by atoms with Gasteiger partial charge in [0, 0.05) is 0 Å². The highest BCUT2D eigenvalue weighted by Crippen LogP contribution is 2.07. The molecule has 0 saturated heterocycles. The average Bonchev–Trinajstić information content (AvgIpc) is 2.86. The molecule has 0 fully saturated rings. The first-order valence-corrected chi connectivity index (χ1v) is 5.44. The van der Waals surface area contributed by atoms with E-state index >= 15 is 0 Å². The molecule has 1 aromatic carbocycles. The summed E-state index contributed by atoms with van der Waals surface area (Å²) in [6, 6.07) is 9.18. The molecule has 6 nitrogen and oxygen atoms in total. The summed E-state index contributed by atoms with van der Waals surface area (Å²) in [6.07, 6.45) is -0.683. The zero-order valence-corrected chi connectivity index (χ0v) is 9.57. The number of carboxylic acids is 1. The molecule has 1 aliphatic heterocycles. The molecule has 1 aliphatic rings. The van der Waals surface area contributed by atoms with E-state index in [4.69, 9.17) is 9.84 Å². The quantitative estimate of drug-likeness (QED) is 0.869. The summed E-state index contributed by atoms with van der Waals surface area (Å²) in [7, 11) is 0. The highest BCUT2D eigenvalue weighted by Gasteiger charge is 2.29. The first-order valence-electron chi connectivity index (χ1n) is 5.44. The number of carbonyl (C=O) groups is 2. The van der Waals surface area contributed by atoms with Crippen molar-refractivity contribution in [1.29, 1.82) is 0 Å². The number of benzene rings is 1. The Balaban J connectivity index is 1.93. The van der Waals surface area contributed by atoms with Gasteiger partial charge in [-0.15, -0.1) is 0 Å². The van der Waals surface area contributed by atoms with Crippen LogP contribution >= 0.6 is 0 Å². The first-order chi connectivity index (χ1) is 8.68. The lowest BCUT2D eigenvalue weighted by atomic mass is 10.2. The summed E-state index contributed by atoms with van der Waals surface area (Å²) in [5.74, 6) is -1.47. The Morgan fingerprint density at radius 3 is 2.72 bits per heavy atom. The van der Waals surface area contributed by atoms with Crippen molar-refractivity contribution in [3.8, 4) is 0 Å². The summed E-state index contributed by atoms with van der Waals surface area (Å²) < 4.78 is 5.04. The van der Waals surface area contributed by atoms with Crippen LogP contribution in [-0.2, 0) is 16.1 Å². The molecule has 6 heteroatoms. The lowest BCUT2D eigenvalue weighted by Gasteiger charge is -2.15. The van der Waals surface area contributed by atoms with Crippen LogP contribution in [0.3, 0.4) is 0 Å². The van der Waals surface area contributed by atoms with Crippen LogP contribution in [0, 0.1) is 0 Å². The zero-order chi connectivity index (χ0) is 13.0. The largest absolute Gasteiger partial charge is 0.475 e. The third-order valence-electron chi connectivity index (χ3n) is 2.46. The molecule has 1 N–H and O–H groups in total. The van der Waals surface area contributed by atoms with Crippen molar-refractivity contribution in [2.45, 2.75) is 6.61 Å². The number of aliphatic carboxylic acids is 1. The molecule has 1 aromatic rings. The molecular weight excluding hydrogens is 236 g/mol. The number of amides is 1. The van der Waals surface area contributed by atoms with E-state index in [2.05, 4.69) is 4.99 Å². The monoisotopic (exact) mass is 248 g/mol. The summed E-state index contributed by atoms with van der Waals surface area (Å²) in [5.41, 5.74) is 0.846. The molecule has 2 rings (SSSR count). The van der Waals surface area contributed by atoms with Gasteiger partial charge in [0.1, 0.15) is 6.61 Å². The molecule has 0 radical (unpaired) electrons. The Morgan fingerprint density at radius 2 is 2.06 bits per heavy atom. The number of amidine groups is 1. The Morgan fingerprint density at radius 1 is 1.33 bits per heavy atom. The van der Waals surface area contributed by atoms with Crippen LogP contribution in [0.2, 0.25) is 0 Å². The number of aliphatic imine (C=N–C) groups is 1. The average molecular weight is 248 g/mol. The maximum Gasteiger partial charge on any atom is 0.416 e. The Bertz CT molecular complexity index is 484. The summed E-state index contributed by atoms with van der Waals surface area (Å²) >= 11 is 0. The molecule has 1 amide bonds. The molecule has 18 heavy (non-hydrogen) atoms. The third kappa shape index (κ3) is 2.65. The van der Waals surface area contributed by atoms with E-state index in [9.17, 15) is 9.59 Å². The number of carbonyl (C=O) groups excluding carboxylic acids is 1. The van der Waals surface area contributed by atoms with Gasteiger partial charge in [-0.05, 0) is 5.56 Å². The maximum absolute atomic E-state index is 11.7. The minimum atomic E-state index is -1.22. The second kappa shape index (κ2) is 5.31. The van der Waals surface area contributed by atoms with Gasteiger partial charge in [-0.25, -0.2) is 9.59 Å². The van der Waals surface area contributed by atoms with Gasteiger partial charge in [-0.3, -0.25) is 9.89 Å². The first kappa shape index (κ1) is 12.1. The lowest BCUT2D eigenvalue weighted by molar-refractivity contribution is -0.130. The van der Waals surface area contributed by atoms with E-state index < -0.39 is 12.1 Å². The van der Waals surface area contributed by atoms with Crippen molar-refractivity contribution < 1.29 is 19.4 Å². The van der Waals surface area contributed by atoms with Crippen LogP contribution in [0.1, 0.15) is 5.56 Å².